The molecule has 0 fully saturated rings. The van der Waals surface area contributed by atoms with E-state index in [0.717, 1.165) is 7.11 Å². The Morgan fingerprint density at radius 3 is 2.06 bits per heavy atom. The molecule has 0 spiro atoms. The zero-order valence-corrected chi connectivity index (χ0v) is 12.4. The van der Waals surface area contributed by atoms with Gasteiger partial charge in [-0.2, -0.15) is 0 Å². The molecule has 102 valence electrons. The van der Waals surface area contributed by atoms with Crippen molar-refractivity contribution < 1.29 is 24.2 Å². The van der Waals surface area contributed by atoms with Gasteiger partial charge in [0, 0.05) is 6.42 Å². The molecule has 6 heteroatoms. The van der Waals surface area contributed by atoms with Gasteiger partial charge in [-0.1, -0.05) is 19.6 Å². The maximum Gasteiger partial charge on any atom is 0.335 e. The highest BCUT2D eigenvalue weighted by atomic mass is 28.3. The number of methoxy groups -OCH3 is 2. The van der Waals surface area contributed by atoms with Gasteiger partial charge in [0.15, 0.2) is 6.10 Å². The van der Waals surface area contributed by atoms with Crippen LogP contribution in [0.15, 0.2) is 0 Å². The topological polar surface area (TPSA) is 72.8 Å². The van der Waals surface area contributed by atoms with Crippen LogP contribution in [0.2, 0.25) is 19.6 Å². The van der Waals surface area contributed by atoms with E-state index in [1.165, 1.54) is 7.11 Å². The van der Waals surface area contributed by atoms with Crippen LogP contribution in [0, 0.1) is 17.4 Å². The second-order valence-electron chi connectivity index (χ2n) is 4.85. The first kappa shape index (κ1) is 16.7. The molecule has 0 heterocycles. The highest BCUT2D eigenvalue weighted by Crippen LogP contribution is 2.12. The summed E-state index contributed by atoms with van der Waals surface area (Å²) < 4.78 is 8.95. The predicted octanol–water partition coefficient (Wildman–Crippen LogP) is 0.580. The second kappa shape index (κ2) is 7.19. The van der Waals surface area contributed by atoms with E-state index in [2.05, 4.69) is 40.6 Å². The number of carbonyl (C=O) groups is 2. The Hall–Kier alpha value is -1.32. The van der Waals surface area contributed by atoms with Crippen LogP contribution >= 0.6 is 0 Å². The summed E-state index contributed by atoms with van der Waals surface area (Å²) in [5.41, 5.74) is 3.06. The number of ether oxygens (including phenoxy) is 2. The van der Waals surface area contributed by atoms with E-state index in [0.29, 0.717) is 0 Å². The molecule has 0 aliphatic rings. The highest BCUT2D eigenvalue weighted by molar-refractivity contribution is 6.83. The number of aliphatic hydroxyl groups is 1. The van der Waals surface area contributed by atoms with Crippen molar-refractivity contribution >= 4 is 20.0 Å². The molecule has 1 N–H and O–H groups in total. The highest BCUT2D eigenvalue weighted by Gasteiger charge is 2.33. The third-order valence-corrected chi connectivity index (χ3v) is 3.04. The maximum atomic E-state index is 11.5. The normalized spacial score (nSPS) is 13.9. The molecule has 0 saturated heterocycles. The Bertz CT molecular complexity index is 361. The van der Waals surface area contributed by atoms with Crippen molar-refractivity contribution in [3.05, 3.63) is 0 Å². The van der Waals surface area contributed by atoms with Crippen molar-refractivity contribution in [3.8, 4) is 11.5 Å². The molecule has 0 bridgehead atoms. The first-order chi connectivity index (χ1) is 8.22. The van der Waals surface area contributed by atoms with Gasteiger partial charge in [-0.3, -0.25) is 4.79 Å². The van der Waals surface area contributed by atoms with Gasteiger partial charge in [0.05, 0.1) is 14.2 Å². The molecule has 0 aromatic carbocycles. The fraction of sp³-hybridized carbons (Fsp3) is 0.667. The summed E-state index contributed by atoms with van der Waals surface area (Å²) in [6.07, 6.45) is -1.47. The molecular weight excluding hydrogens is 252 g/mol. The minimum Gasteiger partial charge on any atom is -0.469 e. The van der Waals surface area contributed by atoms with Gasteiger partial charge in [0.1, 0.15) is 14.0 Å². The Morgan fingerprint density at radius 1 is 1.17 bits per heavy atom. The summed E-state index contributed by atoms with van der Waals surface area (Å²) in [5.74, 6) is 0.306. The summed E-state index contributed by atoms with van der Waals surface area (Å²) in [7, 11) is 0.796. The lowest BCUT2D eigenvalue weighted by Crippen LogP contribution is -2.36. The minimum absolute atomic E-state index is 0.0766. The summed E-state index contributed by atoms with van der Waals surface area (Å²) in [5, 5.41) is 9.68. The van der Waals surface area contributed by atoms with E-state index in [1.807, 2.05) is 0 Å². The summed E-state index contributed by atoms with van der Waals surface area (Å²) >= 11 is 0. The van der Waals surface area contributed by atoms with Crippen molar-refractivity contribution in [2.24, 2.45) is 5.92 Å². The Balaban J connectivity index is 4.85. The van der Waals surface area contributed by atoms with Crippen LogP contribution in [0.1, 0.15) is 6.42 Å². The van der Waals surface area contributed by atoms with Crippen molar-refractivity contribution in [3.63, 3.8) is 0 Å². The van der Waals surface area contributed by atoms with Crippen LogP contribution in [-0.4, -0.2) is 45.4 Å². The van der Waals surface area contributed by atoms with Crippen molar-refractivity contribution in [1.82, 2.24) is 0 Å². The number of rotatable bonds is 4. The van der Waals surface area contributed by atoms with Crippen molar-refractivity contribution in [1.29, 1.82) is 0 Å². The standard InChI is InChI=1S/C12H20O5Si/c1-16-11(14)9(10(13)12(15)17-2)7-6-8-18(3,4)5/h9-10,13H,7H2,1-5H3/t9-,10+/m0/s1. The molecule has 0 saturated carbocycles. The molecule has 18 heavy (non-hydrogen) atoms. The zero-order valence-electron chi connectivity index (χ0n) is 11.4. The maximum absolute atomic E-state index is 11.5. The summed E-state index contributed by atoms with van der Waals surface area (Å²) in [6.45, 7) is 6.18. The Morgan fingerprint density at radius 2 is 1.67 bits per heavy atom. The third-order valence-electron chi connectivity index (χ3n) is 2.11. The van der Waals surface area contributed by atoms with Gasteiger partial charge in [0.2, 0.25) is 0 Å². The molecule has 2 atom stereocenters. The number of hydrogen-bond donors (Lipinski definition) is 1. The monoisotopic (exact) mass is 272 g/mol. The number of hydrogen-bond acceptors (Lipinski definition) is 5. The first-order valence-electron chi connectivity index (χ1n) is 5.56. The predicted molar refractivity (Wildman–Crippen MR) is 69.3 cm³/mol. The van der Waals surface area contributed by atoms with Crippen LogP contribution in [0.25, 0.3) is 0 Å². The van der Waals surface area contributed by atoms with Gasteiger partial charge in [0.25, 0.3) is 0 Å². The molecule has 0 aliphatic carbocycles. The molecule has 0 unspecified atom stereocenters. The van der Waals surface area contributed by atoms with Gasteiger partial charge in [-0.05, 0) is 0 Å². The Labute approximate surface area is 108 Å². The van der Waals surface area contributed by atoms with E-state index in [9.17, 15) is 14.7 Å². The van der Waals surface area contributed by atoms with Crippen LogP contribution in [0.4, 0.5) is 0 Å². The molecule has 0 aromatic heterocycles. The SMILES string of the molecule is COC(=O)[C@@H](CC#C[Si](C)(C)C)[C@@H](O)C(=O)OC. The van der Waals surface area contributed by atoms with Crippen LogP contribution in [-0.2, 0) is 19.1 Å². The van der Waals surface area contributed by atoms with Crippen LogP contribution < -0.4 is 0 Å². The molecule has 0 amide bonds. The molecule has 0 rings (SSSR count). The molecular formula is C12H20O5Si. The molecule has 0 aliphatic heterocycles. The lowest BCUT2D eigenvalue weighted by atomic mass is 9.99. The molecule has 0 radical (unpaired) electrons. The lowest BCUT2D eigenvalue weighted by molar-refractivity contribution is -0.163. The molecule has 0 aromatic rings. The fourth-order valence-corrected chi connectivity index (χ4v) is 1.82. The lowest BCUT2D eigenvalue weighted by Gasteiger charge is -2.16. The number of esters is 2. The fourth-order valence-electron chi connectivity index (χ4n) is 1.19. The Kier molecular flexibility index (Phi) is 6.66. The van der Waals surface area contributed by atoms with Crippen LogP contribution in [0.5, 0.6) is 0 Å². The average Bonchev–Trinajstić information content (AvgIpc) is 2.30. The van der Waals surface area contributed by atoms with E-state index in [1.54, 1.807) is 0 Å². The van der Waals surface area contributed by atoms with E-state index in [-0.39, 0.29) is 6.42 Å². The largest absolute Gasteiger partial charge is 0.469 e. The smallest absolute Gasteiger partial charge is 0.335 e. The van der Waals surface area contributed by atoms with Crippen LogP contribution in [0.3, 0.4) is 0 Å². The first-order valence-corrected chi connectivity index (χ1v) is 9.06. The quantitative estimate of drug-likeness (QED) is 0.460. The second-order valence-corrected chi connectivity index (χ2v) is 9.60. The summed E-state index contributed by atoms with van der Waals surface area (Å²) in [6, 6.07) is 0. The minimum atomic E-state index is -1.55. The van der Waals surface area contributed by atoms with E-state index >= 15 is 0 Å². The third kappa shape index (κ3) is 5.84. The van der Waals surface area contributed by atoms with E-state index < -0.39 is 32.0 Å². The number of aliphatic hydroxyl groups excluding tert-OH is 1. The average molecular weight is 272 g/mol. The van der Waals surface area contributed by atoms with Gasteiger partial charge >= 0.3 is 11.9 Å². The summed E-state index contributed by atoms with van der Waals surface area (Å²) in [4.78, 5) is 22.7. The van der Waals surface area contributed by atoms with Gasteiger partial charge in [-0.15, -0.1) is 11.5 Å². The van der Waals surface area contributed by atoms with Gasteiger partial charge < -0.3 is 14.6 Å². The van der Waals surface area contributed by atoms with Gasteiger partial charge in [-0.25, -0.2) is 4.79 Å². The van der Waals surface area contributed by atoms with E-state index in [4.69, 9.17) is 0 Å². The molecule has 5 nitrogen and oxygen atoms in total. The number of carbonyl (C=O) groups excluding carboxylic acids is 2. The van der Waals surface area contributed by atoms with Crippen molar-refractivity contribution in [2.75, 3.05) is 14.2 Å². The van der Waals surface area contributed by atoms with Crippen molar-refractivity contribution in [2.45, 2.75) is 32.2 Å². The zero-order chi connectivity index (χ0) is 14.3.